The lowest BCUT2D eigenvalue weighted by Crippen LogP contribution is -2.68. The van der Waals surface area contributed by atoms with Crippen LogP contribution in [0.3, 0.4) is 0 Å². The summed E-state index contributed by atoms with van der Waals surface area (Å²) < 4.78 is 71.1. The molecule has 7 fully saturated rings. The van der Waals surface area contributed by atoms with Crippen molar-refractivity contribution in [1.29, 1.82) is 0 Å². The summed E-state index contributed by atoms with van der Waals surface area (Å²) in [6.45, 7) is 3.96. The number of carbonyl (C=O) groups is 3. The van der Waals surface area contributed by atoms with Crippen molar-refractivity contribution >= 4 is 27.9 Å². The molecule has 3 heterocycles. The molecule has 8 rings (SSSR count). The second kappa shape index (κ2) is 24.7. The maximum absolute atomic E-state index is 12.9. The average molecular weight is 1120 g/mol. The van der Waals surface area contributed by atoms with Crippen molar-refractivity contribution in [2.75, 3.05) is 26.3 Å². The number of esters is 1. The van der Waals surface area contributed by atoms with Gasteiger partial charge in [-0.2, -0.15) is 8.42 Å². The van der Waals surface area contributed by atoms with Gasteiger partial charge < -0.3 is 114 Å². The van der Waals surface area contributed by atoms with Crippen molar-refractivity contribution in [3.8, 4) is 0 Å². The van der Waals surface area contributed by atoms with E-state index in [1.54, 1.807) is 6.08 Å². The summed E-state index contributed by atoms with van der Waals surface area (Å²) in [7, 11) is -4.67. The lowest BCUT2D eigenvalue weighted by atomic mass is 9.45. The quantitative estimate of drug-likeness (QED) is 0.0638. The highest BCUT2D eigenvalue weighted by Crippen LogP contribution is 2.67. The first-order valence-electron chi connectivity index (χ1n) is 25.4. The largest absolute Gasteiger partial charge is 0.458 e. The molecule has 8 aliphatic rings. The molecule has 3 saturated heterocycles. The van der Waals surface area contributed by atoms with Crippen LogP contribution in [0.5, 0.6) is 0 Å². The fraction of sp³-hybridized carbons (Fsp3) is 0.891. The van der Waals surface area contributed by atoms with Gasteiger partial charge >= 0.3 is 16.4 Å². The highest BCUT2D eigenvalue weighted by molar-refractivity contribution is 7.79. The number of aliphatic hydroxyl groups excluding tert-OH is 8. The zero-order valence-corrected chi connectivity index (χ0v) is 43.3. The van der Waals surface area contributed by atoms with Crippen molar-refractivity contribution in [3.63, 3.8) is 0 Å². The molecule has 76 heavy (non-hydrogen) atoms. The fourth-order valence-electron chi connectivity index (χ4n) is 13.2. The zero-order chi connectivity index (χ0) is 56.7. The average Bonchev–Trinajstić information content (AvgIpc) is 3.81. The number of hydrogen-bond acceptors (Lipinski definition) is 27. The minimum absolute atomic E-state index is 0.0413. The van der Waals surface area contributed by atoms with E-state index in [0.717, 1.165) is 31.3 Å². The second-order valence-electron chi connectivity index (χ2n) is 21.9. The first-order valence-corrected chi connectivity index (χ1v) is 26.8. The minimum Gasteiger partial charge on any atom is -0.458 e. The molecule has 0 radical (unpaired) electrons. The number of hydrogen-bond donors (Lipinski definition) is 17. The van der Waals surface area contributed by atoms with Gasteiger partial charge in [-0.3, -0.25) is 23.5 Å². The van der Waals surface area contributed by atoms with Crippen LogP contribution in [0, 0.1) is 28.6 Å². The van der Waals surface area contributed by atoms with Gasteiger partial charge in [0.25, 0.3) is 0 Å². The number of ketones is 2. The predicted octanol–water partition coefficient (Wildman–Crippen LogP) is -7.20. The first kappa shape index (κ1) is 62.8. The summed E-state index contributed by atoms with van der Waals surface area (Å²) in [4.78, 5) is 36.0. The number of aliphatic hydroxyl groups is 9. The molecule has 0 amide bonds. The summed E-state index contributed by atoms with van der Waals surface area (Å²) in [5, 5.41) is 95.7. The topological polar surface area (TPSA) is 529 Å². The van der Waals surface area contributed by atoms with E-state index < -0.39 is 169 Å². The molecular weight excluding hydrogens is 1040 g/mol. The standard InChI is InChI=1S/C23H46N6O13.C23H32O6.H2O4S/c24-2-7-13(32)15(34)10(28)21(37-7)40-18-6(27)1-5(26)12(31)20(18)42-23-17(36)19(9(4-30)39-23)41-22-11(29)16(35)14(33)8(3-25)38-22;1-13(24)29-12-19(27)23(28)9-7-17-16-5-4-14-10-15(25)6-8-21(14,2)20(16)18(26)11-22(17,23)3;1-5(2,3)4/h5-23,30-36H,1-4,24-29H2;10,16-18,20,26,28H,4-9,11-12H2,1-3H3;(H2,1,2,3,4)/t5-,6+,7-,8+,9-,10-,11-,12+,13-,14-,15-,16-,17-,18-,19-,20-,21-,22?,23+;;/m1../s1. The number of fused-ring (bicyclic) bond motifs is 5. The van der Waals surface area contributed by atoms with E-state index in [2.05, 4.69) is 6.92 Å². The van der Waals surface area contributed by atoms with Crippen molar-refractivity contribution < 1.29 is 111 Å². The molecule has 26 atom stereocenters. The Hall–Kier alpha value is -2.42. The van der Waals surface area contributed by atoms with E-state index >= 15 is 0 Å². The molecule has 0 spiro atoms. The summed E-state index contributed by atoms with van der Waals surface area (Å²) in [5.41, 5.74) is 34.3. The van der Waals surface area contributed by atoms with Crippen LogP contribution in [0.4, 0.5) is 0 Å². The number of ether oxygens (including phenoxy) is 7. The Bertz CT molecular complexity index is 2160. The molecule has 4 saturated carbocycles. The van der Waals surface area contributed by atoms with Gasteiger partial charge in [0.15, 0.2) is 31.3 Å². The molecule has 0 bridgehead atoms. The van der Waals surface area contributed by atoms with Crippen molar-refractivity contribution in [1.82, 2.24) is 0 Å². The molecule has 29 nitrogen and oxygen atoms in total. The molecule has 23 N–H and O–H groups in total. The van der Waals surface area contributed by atoms with Gasteiger partial charge in [0.1, 0.15) is 72.7 Å². The number of rotatable bonds is 12. The van der Waals surface area contributed by atoms with E-state index in [1.807, 2.05) is 6.92 Å². The third-order valence-electron chi connectivity index (χ3n) is 17.3. The molecule has 0 aromatic rings. The highest BCUT2D eigenvalue weighted by atomic mass is 32.3. The summed E-state index contributed by atoms with van der Waals surface area (Å²) >= 11 is 0. The maximum Gasteiger partial charge on any atom is 0.394 e. The van der Waals surface area contributed by atoms with Gasteiger partial charge in [0.05, 0.1) is 30.9 Å². The molecule has 438 valence electrons. The van der Waals surface area contributed by atoms with Crippen LogP contribution >= 0.6 is 0 Å². The third-order valence-corrected chi connectivity index (χ3v) is 17.3. The first-order chi connectivity index (χ1) is 35.4. The van der Waals surface area contributed by atoms with Gasteiger partial charge in [-0.25, -0.2) is 0 Å². The Morgan fingerprint density at radius 1 is 0.724 bits per heavy atom. The van der Waals surface area contributed by atoms with Gasteiger partial charge in [-0.15, -0.1) is 0 Å². The van der Waals surface area contributed by atoms with Gasteiger partial charge in [0, 0.05) is 43.9 Å². The summed E-state index contributed by atoms with van der Waals surface area (Å²) in [6, 6.07) is -4.18. The van der Waals surface area contributed by atoms with Crippen molar-refractivity contribution in [3.05, 3.63) is 11.6 Å². The van der Waals surface area contributed by atoms with Crippen LogP contribution in [0.15, 0.2) is 11.6 Å². The predicted molar refractivity (Wildman–Crippen MR) is 257 cm³/mol. The van der Waals surface area contributed by atoms with Gasteiger partial charge in [-0.1, -0.05) is 19.4 Å². The van der Waals surface area contributed by atoms with Crippen LogP contribution in [0.2, 0.25) is 0 Å². The van der Waals surface area contributed by atoms with Gasteiger partial charge in [-0.05, 0) is 74.2 Å². The summed E-state index contributed by atoms with van der Waals surface area (Å²) in [5.74, 6) is -0.462. The fourth-order valence-corrected chi connectivity index (χ4v) is 13.2. The Labute approximate surface area is 439 Å². The Morgan fingerprint density at radius 3 is 1.78 bits per heavy atom. The minimum atomic E-state index is -4.67. The molecule has 0 aromatic heterocycles. The SMILES string of the molecule is CC(=O)OCC(=O)C1(O)CCC2C3CCC4=CC(=O)CCC4(C)C3C(O)CC21C.NC[C@@H]1OC(O[C@H]2[C@@H](O)[C@H](O[C@@H]3[C@@H](O)[C@H](N)C[C@H](N)[C@H]3O[C@H]3O[C@H](CN)[C@@H](O)[C@H](O)[C@H]3N)O[C@@H]2CO)[C@H](N)[C@@H](O)[C@@H]1O.O=S(=O)(O)O. The lowest BCUT2D eigenvalue weighted by Gasteiger charge is -2.60. The lowest BCUT2D eigenvalue weighted by molar-refractivity contribution is -0.306. The van der Waals surface area contributed by atoms with E-state index in [0.29, 0.717) is 19.3 Å². The highest BCUT2D eigenvalue weighted by Gasteiger charge is 2.68. The van der Waals surface area contributed by atoms with E-state index in [9.17, 15) is 60.3 Å². The van der Waals surface area contributed by atoms with Crippen LogP contribution in [0.25, 0.3) is 0 Å². The molecule has 0 aromatic carbocycles. The van der Waals surface area contributed by atoms with Crippen LogP contribution < -0.4 is 34.4 Å². The van der Waals surface area contributed by atoms with E-state index in [-0.39, 0.29) is 48.5 Å². The van der Waals surface area contributed by atoms with Crippen LogP contribution in [-0.2, 0) is 57.9 Å². The Kier molecular flexibility index (Phi) is 20.4. The maximum atomic E-state index is 12.9. The molecular formula is C46H80N6O23S. The monoisotopic (exact) mass is 1120 g/mol. The molecule has 30 heteroatoms. The number of allylic oxidation sites excluding steroid dienone is 1. The molecule has 3 aliphatic heterocycles. The Balaban J connectivity index is 0.000000238. The number of Topliss-reactive ketones (excluding diaryl/α,β-unsaturated/α-hetero) is 1. The smallest absolute Gasteiger partial charge is 0.394 e. The van der Waals surface area contributed by atoms with Crippen molar-refractivity contribution in [2.45, 2.75) is 200 Å². The molecule has 5 aliphatic carbocycles. The van der Waals surface area contributed by atoms with Crippen molar-refractivity contribution in [2.24, 2.45) is 63.0 Å². The zero-order valence-electron chi connectivity index (χ0n) is 42.5. The van der Waals surface area contributed by atoms with E-state index in [4.69, 9.17) is 85.1 Å². The van der Waals surface area contributed by atoms with Crippen LogP contribution in [-0.4, -0.2) is 235 Å². The Morgan fingerprint density at radius 2 is 1.25 bits per heavy atom. The molecule has 8 unspecified atom stereocenters. The van der Waals surface area contributed by atoms with Gasteiger partial charge in [0.2, 0.25) is 5.78 Å². The number of carbonyl (C=O) groups excluding carboxylic acids is 3. The number of nitrogens with two attached hydrogens (primary N) is 6. The second-order valence-corrected chi connectivity index (χ2v) is 22.8. The third kappa shape index (κ3) is 12.7. The normalized spacial score (nSPS) is 48.1. The van der Waals surface area contributed by atoms with E-state index in [1.165, 1.54) is 6.92 Å². The summed E-state index contributed by atoms with van der Waals surface area (Å²) in [6.07, 6.45) is -14.2. The van der Waals surface area contributed by atoms with Crippen LogP contribution in [0.1, 0.15) is 72.1 Å².